The standard InChI is InChI=1S/C17H34N2/c1-14-7-5-8-15(10-9-14)19-12-6-11-18-16(13-19)17(2,3)4/h14-16,18H,5-13H2,1-4H3. The predicted molar refractivity (Wildman–Crippen MR) is 83.5 cm³/mol. The van der Waals surface area contributed by atoms with E-state index in [0.717, 1.165) is 12.0 Å². The summed E-state index contributed by atoms with van der Waals surface area (Å²) in [5.74, 6) is 0.952. The summed E-state index contributed by atoms with van der Waals surface area (Å²) >= 11 is 0. The van der Waals surface area contributed by atoms with Crippen LogP contribution in [0.2, 0.25) is 0 Å². The zero-order valence-electron chi connectivity index (χ0n) is 13.5. The normalized spacial score (nSPS) is 35.7. The quantitative estimate of drug-likeness (QED) is 0.729. The third kappa shape index (κ3) is 4.46. The average Bonchev–Trinajstić information content (AvgIpc) is 2.68. The minimum atomic E-state index is 0.376. The topological polar surface area (TPSA) is 15.3 Å². The molecule has 2 nitrogen and oxygen atoms in total. The lowest BCUT2D eigenvalue weighted by Crippen LogP contribution is -2.48. The molecule has 2 heteroatoms. The Morgan fingerprint density at radius 3 is 2.53 bits per heavy atom. The molecule has 1 heterocycles. The zero-order chi connectivity index (χ0) is 13.9. The Kier molecular flexibility index (Phi) is 5.30. The van der Waals surface area contributed by atoms with Gasteiger partial charge in [-0.3, -0.25) is 4.90 Å². The molecule has 19 heavy (non-hydrogen) atoms. The van der Waals surface area contributed by atoms with Gasteiger partial charge in [0.05, 0.1) is 0 Å². The van der Waals surface area contributed by atoms with Gasteiger partial charge in [0.25, 0.3) is 0 Å². The first-order valence-corrected chi connectivity index (χ1v) is 8.44. The molecule has 1 N–H and O–H groups in total. The fourth-order valence-corrected chi connectivity index (χ4v) is 3.69. The van der Waals surface area contributed by atoms with Crippen molar-refractivity contribution in [2.45, 2.75) is 78.3 Å². The van der Waals surface area contributed by atoms with Crippen molar-refractivity contribution >= 4 is 0 Å². The molecule has 3 unspecified atom stereocenters. The lowest BCUT2D eigenvalue weighted by Gasteiger charge is -2.37. The van der Waals surface area contributed by atoms with Crippen molar-refractivity contribution in [1.82, 2.24) is 10.2 Å². The molecule has 1 aliphatic carbocycles. The highest BCUT2D eigenvalue weighted by Crippen LogP contribution is 2.28. The van der Waals surface area contributed by atoms with Gasteiger partial charge in [0, 0.05) is 18.6 Å². The fourth-order valence-electron chi connectivity index (χ4n) is 3.69. The Morgan fingerprint density at radius 2 is 1.79 bits per heavy atom. The summed E-state index contributed by atoms with van der Waals surface area (Å²) in [6, 6.07) is 1.50. The Balaban J connectivity index is 1.97. The van der Waals surface area contributed by atoms with Gasteiger partial charge in [0.2, 0.25) is 0 Å². The lowest BCUT2D eigenvalue weighted by molar-refractivity contribution is 0.142. The molecule has 0 amide bonds. The van der Waals surface area contributed by atoms with E-state index < -0.39 is 0 Å². The van der Waals surface area contributed by atoms with Crippen LogP contribution in [0.15, 0.2) is 0 Å². The molecular weight excluding hydrogens is 232 g/mol. The molecule has 2 rings (SSSR count). The van der Waals surface area contributed by atoms with Crippen LogP contribution >= 0.6 is 0 Å². The van der Waals surface area contributed by atoms with Crippen LogP contribution in [0.4, 0.5) is 0 Å². The van der Waals surface area contributed by atoms with Gasteiger partial charge in [-0.2, -0.15) is 0 Å². The van der Waals surface area contributed by atoms with Crippen LogP contribution in [0, 0.1) is 11.3 Å². The van der Waals surface area contributed by atoms with Gasteiger partial charge in [-0.1, -0.05) is 40.5 Å². The van der Waals surface area contributed by atoms with Crippen LogP contribution in [-0.2, 0) is 0 Å². The number of hydrogen-bond acceptors (Lipinski definition) is 2. The van der Waals surface area contributed by atoms with Crippen LogP contribution < -0.4 is 5.32 Å². The molecular formula is C17H34N2. The molecule has 1 saturated heterocycles. The van der Waals surface area contributed by atoms with Crippen molar-refractivity contribution in [3.63, 3.8) is 0 Å². The van der Waals surface area contributed by atoms with Gasteiger partial charge in [0.1, 0.15) is 0 Å². The first kappa shape index (κ1) is 15.3. The highest BCUT2D eigenvalue weighted by molar-refractivity contribution is 4.88. The molecule has 1 aliphatic heterocycles. The van der Waals surface area contributed by atoms with E-state index in [2.05, 4.69) is 37.9 Å². The highest BCUT2D eigenvalue weighted by atomic mass is 15.2. The second kappa shape index (κ2) is 6.58. The van der Waals surface area contributed by atoms with Crippen molar-refractivity contribution in [2.24, 2.45) is 11.3 Å². The molecule has 0 aromatic carbocycles. The molecule has 0 bridgehead atoms. The van der Waals surface area contributed by atoms with Crippen LogP contribution in [0.5, 0.6) is 0 Å². The SMILES string of the molecule is CC1CCCC(N2CCCNC(C(C)(C)C)C2)CC1. The number of nitrogens with one attached hydrogen (secondary N) is 1. The predicted octanol–water partition coefficient (Wildman–Crippen LogP) is 3.67. The first-order chi connectivity index (χ1) is 8.97. The monoisotopic (exact) mass is 266 g/mol. The van der Waals surface area contributed by atoms with Crippen molar-refractivity contribution in [2.75, 3.05) is 19.6 Å². The molecule has 0 radical (unpaired) electrons. The van der Waals surface area contributed by atoms with Gasteiger partial charge >= 0.3 is 0 Å². The van der Waals surface area contributed by atoms with E-state index in [1.807, 2.05) is 0 Å². The molecule has 0 aromatic heterocycles. The largest absolute Gasteiger partial charge is 0.312 e. The molecule has 112 valence electrons. The maximum atomic E-state index is 3.77. The van der Waals surface area contributed by atoms with Crippen molar-refractivity contribution in [3.05, 3.63) is 0 Å². The van der Waals surface area contributed by atoms with Gasteiger partial charge in [-0.25, -0.2) is 0 Å². The summed E-state index contributed by atoms with van der Waals surface area (Å²) in [6.07, 6.45) is 8.51. The second-order valence-electron chi connectivity index (χ2n) is 7.99. The van der Waals surface area contributed by atoms with Crippen LogP contribution in [0.25, 0.3) is 0 Å². The minimum Gasteiger partial charge on any atom is -0.312 e. The van der Waals surface area contributed by atoms with Crippen molar-refractivity contribution < 1.29 is 0 Å². The summed E-state index contributed by atoms with van der Waals surface area (Å²) in [6.45, 7) is 13.3. The summed E-state index contributed by atoms with van der Waals surface area (Å²) in [5.41, 5.74) is 0.376. The molecule has 2 fully saturated rings. The maximum Gasteiger partial charge on any atom is 0.0243 e. The first-order valence-electron chi connectivity index (χ1n) is 8.44. The molecule has 3 atom stereocenters. The minimum absolute atomic E-state index is 0.376. The van der Waals surface area contributed by atoms with Crippen LogP contribution in [-0.4, -0.2) is 36.6 Å². The van der Waals surface area contributed by atoms with E-state index in [-0.39, 0.29) is 0 Å². The Labute approximate surface area is 120 Å². The number of hydrogen-bond donors (Lipinski definition) is 1. The average molecular weight is 266 g/mol. The van der Waals surface area contributed by atoms with E-state index >= 15 is 0 Å². The zero-order valence-corrected chi connectivity index (χ0v) is 13.5. The van der Waals surface area contributed by atoms with Gasteiger partial charge in [0.15, 0.2) is 0 Å². The third-order valence-corrected chi connectivity index (χ3v) is 5.22. The van der Waals surface area contributed by atoms with Crippen molar-refractivity contribution in [1.29, 1.82) is 0 Å². The summed E-state index contributed by atoms with van der Waals surface area (Å²) in [5, 5.41) is 3.77. The van der Waals surface area contributed by atoms with E-state index in [4.69, 9.17) is 0 Å². The van der Waals surface area contributed by atoms with Crippen LogP contribution in [0.3, 0.4) is 0 Å². The second-order valence-corrected chi connectivity index (χ2v) is 7.99. The fraction of sp³-hybridized carbons (Fsp3) is 1.00. The molecule has 0 aromatic rings. The van der Waals surface area contributed by atoms with Gasteiger partial charge < -0.3 is 5.32 Å². The van der Waals surface area contributed by atoms with Gasteiger partial charge in [-0.15, -0.1) is 0 Å². The summed E-state index contributed by atoms with van der Waals surface area (Å²) in [7, 11) is 0. The summed E-state index contributed by atoms with van der Waals surface area (Å²) < 4.78 is 0. The Morgan fingerprint density at radius 1 is 1.00 bits per heavy atom. The van der Waals surface area contributed by atoms with E-state index in [1.165, 1.54) is 58.2 Å². The third-order valence-electron chi connectivity index (χ3n) is 5.22. The van der Waals surface area contributed by atoms with Crippen LogP contribution in [0.1, 0.15) is 66.2 Å². The van der Waals surface area contributed by atoms with E-state index in [9.17, 15) is 0 Å². The van der Waals surface area contributed by atoms with Crippen molar-refractivity contribution in [3.8, 4) is 0 Å². The highest BCUT2D eigenvalue weighted by Gasteiger charge is 2.31. The van der Waals surface area contributed by atoms with E-state index in [0.29, 0.717) is 11.5 Å². The maximum absolute atomic E-state index is 3.77. The molecule has 1 saturated carbocycles. The van der Waals surface area contributed by atoms with Gasteiger partial charge in [-0.05, 0) is 50.1 Å². The summed E-state index contributed by atoms with van der Waals surface area (Å²) in [4.78, 5) is 2.81. The Hall–Kier alpha value is -0.0800. The number of rotatable bonds is 1. The smallest absolute Gasteiger partial charge is 0.0243 e. The molecule has 0 spiro atoms. The number of nitrogens with zero attached hydrogens (tertiary/aromatic N) is 1. The van der Waals surface area contributed by atoms with E-state index in [1.54, 1.807) is 0 Å². The lowest BCUT2D eigenvalue weighted by atomic mass is 9.86. The molecule has 2 aliphatic rings. The Bertz CT molecular complexity index is 269.